The van der Waals surface area contributed by atoms with Crippen LogP contribution in [0.1, 0.15) is 38.4 Å². The fourth-order valence-corrected chi connectivity index (χ4v) is 4.51. The first-order chi connectivity index (χ1) is 14.5. The fourth-order valence-electron chi connectivity index (χ4n) is 2.99. The lowest BCUT2D eigenvalue weighted by Crippen LogP contribution is -2.29. The number of carboxylic acids is 1. The van der Waals surface area contributed by atoms with Crippen molar-refractivity contribution in [3.63, 3.8) is 0 Å². The molecule has 0 saturated carbocycles. The highest BCUT2D eigenvalue weighted by atomic mass is 79.9. The summed E-state index contributed by atoms with van der Waals surface area (Å²) in [6.45, 7) is 3.79. The van der Waals surface area contributed by atoms with Crippen LogP contribution in [0.25, 0.3) is 0 Å². The Bertz CT molecular complexity index is 974. The van der Waals surface area contributed by atoms with Gasteiger partial charge in [0.2, 0.25) is 0 Å². The Morgan fingerprint density at radius 3 is 2.39 bits per heavy atom. The molecule has 31 heavy (non-hydrogen) atoms. The molecule has 0 aromatic heterocycles. The molecule has 0 unspecified atom stereocenters. The van der Waals surface area contributed by atoms with Crippen LogP contribution in [-0.2, 0) is 9.53 Å². The van der Waals surface area contributed by atoms with Crippen molar-refractivity contribution in [2.45, 2.75) is 32.8 Å². The third-order valence-corrected chi connectivity index (χ3v) is 6.17. The summed E-state index contributed by atoms with van der Waals surface area (Å²) in [5, 5.41) is 22.1. The monoisotopic (exact) mass is 617 g/mol. The smallest absolute Gasteiger partial charge is 0.412 e. The highest BCUT2D eigenvalue weighted by molar-refractivity contribution is 9.11. The van der Waals surface area contributed by atoms with Crippen LogP contribution in [0.3, 0.4) is 0 Å². The van der Waals surface area contributed by atoms with Gasteiger partial charge in [0.25, 0.3) is 0 Å². The van der Waals surface area contributed by atoms with Crippen LogP contribution < -0.4 is 5.32 Å². The van der Waals surface area contributed by atoms with E-state index in [1.54, 1.807) is 42.5 Å². The number of carboxylic acid groups (broad SMARTS) is 1. The lowest BCUT2D eigenvalue weighted by molar-refractivity contribution is -0.131. The molecule has 0 heterocycles. The zero-order chi connectivity index (χ0) is 23.2. The first-order valence-corrected chi connectivity index (χ1v) is 11.7. The second-order valence-electron chi connectivity index (χ2n) is 7.51. The zero-order valence-corrected chi connectivity index (χ0v) is 21.6. The fraction of sp³-hybridized carbons (Fsp3) is 0.273. The summed E-state index contributed by atoms with van der Waals surface area (Å²) in [5.41, 5.74) is 0.366. The molecule has 3 N–H and O–H groups in total. The van der Waals surface area contributed by atoms with Crippen molar-refractivity contribution >= 4 is 65.5 Å². The Morgan fingerprint density at radius 1 is 1.13 bits per heavy atom. The van der Waals surface area contributed by atoms with Gasteiger partial charge in [-0.3, -0.25) is 5.32 Å². The average molecular weight is 620 g/mol. The van der Waals surface area contributed by atoms with Crippen molar-refractivity contribution in [1.29, 1.82) is 0 Å². The van der Waals surface area contributed by atoms with Crippen molar-refractivity contribution in [2.24, 2.45) is 5.41 Å². The highest BCUT2D eigenvalue weighted by Crippen LogP contribution is 2.46. The number of nitrogens with one attached hydrogen (secondary N) is 1. The number of allylic oxidation sites excluding steroid dienone is 1. The minimum absolute atomic E-state index is 0.0289. The molecule has 2 aromatic rings. The van der Waals surface area contributed by atoms with Gasteiger partial charge in [-0.15, -0.1) is 0 Å². The molecule has 9 heteroatoms. The van der Waals surface area contributed by atoms with E-state index in [0.717, 1.165) is 10.5 Å². The first-order valence-electron chi connectivity index (χ1n) is 9.30. The molecule has 0 fully saturated rings. The van der Waals surface area contributed by atoms with Gasteiger partial charge in [-0.25, -0.2) is 9.59 Å². The Labute approximate surface area is 206 Å². The number of carbonyl (C=O) groups is 2. The highest BCUT2D eigenvalue weighted by Gasteiger charge is 2.36. The molecule has 0 saturated heterocycles. The third kappa shape index (κ3) is 7.66. The Morgan fingerprint density at radius 2 is 1.77 bits per heavy atom. The molecule has 0 radical (unpaired) electrons. The molecule has 1 amide bonds. The van der Waals surface area contributed by atoms with Crippen molar-refractivity contribution in [3.8, 4) is 5.75 Å². The largest absolute Gasteiger partial charge is 0.506 e. The molecule has 0 aliphatic rings. The lowest BCUT2D eigenvalue weighted by Gasteiger charge is -2.34. The van der Waals surface area contributed by atoms with Gasteiger partial charge in [0.1, 0.15) is 11.9 Å². The molecular formula is C22H22Br3NO5. The van der Waals surface area contributed by atoms with E-state index in [2.05, 4.69) is 53.1 Å². The standard InChI is InChI=1S/C22H22Br3NO5/c1-22(2,10-4-3-5-18(27)28)20(16-11-14(24)12-17(25)19(16)29)31-21(30)26-15-8-6-13(23)7-9-15/h3,5-9,11-12,20,29H,4,10H2,1-2H3,(H,26,30)(H,27,28)/b5-3+/t20-/m1/s1. The van der Waals surface area contributed by atoms with E-state index in [4.69, 9.17) is 9.84 Å². The third-order valence-electron chi connectivity index (χ3n) is 4.58. The molecule has 0 bridgehead atoms. The van der Waals surface area contributed by atoms with E-state index in [1.807, 2.05) is 13.8 Å². The Balaban J connectivity index is 2.32. The summed E-state index contributed by atoms with van der Waals surface area (Å²) in [4.78, 5) is 23.4. The second-order valence-corrected chi connectivity index (χ2v) is 10.2. The minimum Gasteiger partial charge on any atom is -0.506 e. The number of aromatic hydroxyl groups is 1. The predicted molar refractivity (Wildman–Crippen MR) is 130 cm³/mol. The summed E-state index contributed by atoms with van der Waals surface area (Å²) in [5.74, 6) is -1.05. The summed E-state index contributed by atoms with van der Waals surface area (Å²) in [7, 11) is 0. The van der Waals surface area contributed by atoms with Gasteiger partial charge in [-0.1, -0.05) is 51.8 Å². The van der Waals surface area contributed by atoms with Gasteiger partial charge in [0, 0.05) is 31.7 Å². The number of phenols is 1. The number of rotatable bonds is 8. The molecular weight excluding hydrogens is 598 g/mol. The normalized spacial score (nSPS) is 12.5. The topological polar surface area (TPSA) is 95.9 Å². The maximum atomic E-state index is 12.7. The summed E-state index contributed by atoms with van der Waals surface area (Å²) in [6, 6.07) is 10.4. The lowest BCUT2D eigenvalue weighted by atomic mass is 9.78. The van der Waals surface area contributed by atoms with Crippen LogP contribution in [0.15, 0.2) is 62.0 Å². The summed E-state index contributed by atoms with van der Waals surface area (Å²) in [6.07, 6.45) is 2.13. The van der Waals surface area contributed by atoms with Crippen molar-refractivity contribution in [3.05, 3.63) is 67.5 Å². The van der Waals surface area contributed by atoms with Crippen LogP contribution in [0, 0.1) is 5.41 Å². The Hall–Kier alpha value is -1.84. The van der Waals surface area contributed by atoms with E-state index < -0.39 is 23.6 Å². The quantitative estimate of drug-likeness (QED) is 0.267. The maximum Gasteiger partial charge on any atom is 0.412 e. The van der Waals surface area contributed by atoms with Gasteiger partial charge in [0.05, 0.1) is 4.47 Å². The number of anilines is 1. The zero-order valence-electron chi connectivity index (χ0n) is 16.9. The number of hydrogen-bond acceptors (Lipinski definition) is 4. The predicted octanol–water partition coefficient (Wildman–Crippen LogP) is 7.42. The van der Waals surface area contributed by atoms with Crippen molar-refractivity contribution in [2.75, 3.05) is 5.32 Å². The number of ether oxygens (including phenoxy) is 1. The van der Waals surface area contributed by atoms with E-state index in [0.29, 0.717) is 33.0 Å². The van der Waals surface area contributed by atoms with Crippen LogP contribution in [0.2, 0.25) is 0 Å². The minimum atomic E-state index is -1.02. The SMILES string of the molecule is CC(C)(CC/C=C/C(=O)O)[C@H](OC(=O)Nc1ccc(Br)cc1)c1cc(Br)cc(Br)c1O. The average Bonchev–Trinajstić information content (AvgIpc) is 2.68. The van der Waals surface area contributed by atoms with E-state index >= 15 is 0 Å². The van der Waals surface area contributed by atoms with Crippen LogP contribution in [-0.4, -0.2) is 22.3 Å². The first kappa shape index (κ1) is 25.4. The van der Waals surface area contributed by atoms with Crippen LogP contribution in [0.5, 0.6) is 5.75 Å². The molecule has 166 valence electrons. The molecule has 0 aliphatic carbocycles. The van der Waals surface area contributed by atoms with Crippen LogP contribution >= 0.6 is 47.8 Å². The Kier molecular flexibility index (Phi) is 9.14. The number of carbonyl (C=O) groups excluding carboxylic acids is 1. The van der Waals surface area contributed by atoms with Gasteiger partial charge in [-0.05, 0) is 65.2 Å². The van der Waals surface area contributed by atoms with E-state index in [9.17, 15) is 14.7 Å². The maximum absolute atomic E-state index is 12.7. The molecule has 0 aliphatic heterocycles. The van der Waals surface area contributed by atoms with Gasteiger partial charge in [-0.2, -0.15) is 0 Å². The molecule has 1 atom stereocenters. The van der Waals surface area contributed by atoms with Crippen molar-refractivity contribution < 1.29 is 24.5 Å². The number of amides is 1. The van der Waals surface area contributed by atoms with E-state index in [1.165, 1.54) is 0 Å². The summed E-state index contributed by atoms with van der Waals surface area (Å²) < 4.78 is 7.84. The van der Waals surface area contributed by atoms with Gasteiger partial charge < -0.3 is 14.9 Å². The molecule has 0 spiro atoms. The van der Waals surface area contributed by atoms with E-state index in [-0.39, 0.29) is 5.75 Å². The molecule has 6 nitrogen and oxygen atoms in total. The summed E-state index contributed by atoms with van der Waals surface area (Å²) >= 11 is 10.1. The van der Waals surface area contributed by atoms with Crippen LogP contribution in [0.4, 0.5) is 10.5 Å². The van der Waals surface area contributed by atoms with Crippen molar-refractivity contribution in [1.82, 2.24) is 0 Å². The van der Waals surface area contributed by atoms with Gasteiger partial charge >= 0.3 is 12.1 Å². The number of halogens is 3. The second kappa shape index (κ2) is 11.2. The molecule has 2 rings (SSSR count). The number of hydrogen-bond donors (Lipinski definition) is 3. The number of phenolic OH excluding ortho intramolecular Hbond substituents is 1. The number of benzene rings is 2. The van der Waals surface area contributed by atoms with Gasteiger partial charge in [0.15, 0.2) is 0 Å². The number of aliphatic carboxylic acids is 1. The molecule has 2 aromatic carbocycles.